The largest absolute Gasteiger partial charge is 0.362 e. The van der Waals surface area contributed by atoms with Crippen molar-refractivity contribution in [1.29, 1.82) is 0 Å². The Balaban J connectivity index is 2.15. The van der Waals surface area contributed by atoms with E-state index in [1.807, 2.05) is 0 Å². The predicted octanol–water partition coefficient (Wildman–Crippen LogP) is 0.0160. The van der Waals surface area contributed by atoms with Crippen molar-refractivity contribution in [3.05, 3.63) is 34.4 Å². The van der Waals surface area contributed by atoms with Crippen LogP contribution in [0.4, 0.5) is 17.3 Å². The van der Waals surface area contributed by atoms with Crippen LogP contribution in [0, 0.1) is 10.1 Å². The minimum atomic E-state index is -0.521. The number of nitrogens with one attached hydrogen (secondary N) is 2. The molecule has 0 amide bonds. The van der Waals surface area contributed by atoms with Gasteiger partial charge in [0, 0.05) is 7.05 Å². The maximum Gasteiger partial charge on any atom is 0.276 e. The van der Waals surface area contributed by atoms with Crippen LogP contribution >= 0.6 is 0 Å². The minimum Gasteiger partial charge on any atom is -0.362 e. The van der Waals surface area contributed by atoms with Gasteiger partial charge in [-0.3, -0.25) is 14.8 Å². The third-order valence-electron chi connectivity index (χ3n) is 2.24. The third kappa shape index (κ3) is 3.13. The van der Waals surface area contributed by atoms with E-state index >= 15 is 0 Å². The molecule has 0 aliphatic rings. The molecule has 0 aliphatic carbocycles. The average molecular weight is 264 g/mol. The van der Waals surface area contributed by atoms with Gasteiger partial charge in [0.05, 0.1) is 23.6 Å². The number of aryl methyl sites for hydroxylation is 1. The fourth-order valence-electron chi connectivity index (χ4n) is 1.42. The summed E-state index contributed by atoms with van der Waals surface area (Å²) in [4.78, 5) is 18.3. The Kier molecular flexibility index (Phi) is 3.52. The first-order valence-corrected chi connectivity index (χ1v) is 5.30. The number of hydrogen-bond acceptors (Lipinski definition) is 8. The quantitative estimate of drug-likeness (QED) is 0.390. The van der Waals surface area contributed by atoms with Crippen LogP contribution in [0.25, 0.3) is 0 Å². The van der Waals surface area contributed by atoms with E-state index in [1.165, 1.54) is 12.1 Å². The second-order valence-corrected chi connectivity index (χ2v) is 3.69. The molecule has 0 bridgehead atoms. The van der Waals surface area contributed by atoms with E-state index in [0.29, 0.717) is 18.2 Å². The highest BCUT2D eigenvalue weighted by atomic mass is 16.6. The summed E-state index contributed by atoms with van der Waals surface area (Å²) in [6, 6.07) is 2.55. The van der Waals surface area contributed by atoms with E-state index in [0.717, 1.165) is 0 Å². The van der Waals surface area contributed by atoms with Crippen molar-refractivity contribution >= 4 is 17.3 Å². The lowest BCUT2D eigenvalue weighted by atomic mass is 10.3. The number of anilines is 2. The Bertz CT molecular complexity index is 596. The lowest BCUT2D eigenvalue weighted by molar-refractivity contribution is -0.384. The Hall–Kier alpha value is -2.75. The molecule has 2 heterocycles. The van der Waals surface area contributed by atoms with Gasteiger partial charge in [-0.25, -0.2) is 15.8 Å². The van der Waals surface area contributed by atoms with Gasteiger partial charge in [0.2, 0.25) is 0 Å². The molecular weight excluding hydrogens is 252 g/mol. The van der Waals surface area contributed by atoms with Crippen molar-refractivity contribution in [2.75, 3.05) is 10.7 Å². The molecule has 4 N–H and O–H groups in total. The predicted molar refractivity (Wildman–Crippen MR) is 67.0 cm³/mol. The van der Waals surface area contributed by atoms with Gasteiger partial charge < -0.3 is 10.7 Å². The smallest absolute Gasteiger partial charge is 0.276 e. The molecule has 0 aromatic carbocycles. The maximum atomic E-state index is 10.8. The first-order chi connectivity index (χ1) is 9.08. The molecule has 2 aromatic rings. The van der Waals surface area contributed by atoms with Crippen LogP contribution in [0.2, 0.25) is 0 Å². The molecule has 100 valence electrons. The minimum absolute atomic E-state index is 0.112. The summed E-state index contributed by atoms with van der Waals surface area (Å²) in [5, 5.41) is 17.7. The van der Waals surface area contributed by atoms with Gasteiger partial charge in [-0.1, -0.05) is 0 Å². The molecule has 0 saturated heterocycles. The summed E-state index contributed by atoms with van der Waals surface area (Å²) in [7, 11) is 1.75. The monoisotopic (exact) mass is 264 g/mol. The molecule has 10 heteroatoms. The lowest BCUT2D eigenvalue weighted by Gasteiger charge is -2.05. The topological polar surface area (TPSA) is 137 Å². The summed E-state index contributed by atoms with van der Waals surface area (Å²) in [6.07, 6.45) is 1.56. The van der Waals surface area contributed by atoms with E-state index in [9.17, 15) is 10.1 Å². The maximum absolute atomic E-state index is 10.8. The van der Waals surface area contributed by atoms with Crippen molar-refractivity contribution in [3.63, 3.8) is 0 Å². The van der Waals surface area contributed by atoms with Crippen molar-refractivity contribution in [1.82, 2.24) is 19.7 Å². The highest BCUT2D eigenvalue weighted by Crippen LogP contribution is 2.20. The van der Waals surface area contributed by atoms with E-state index < -0.39 is 4.92 Å². The summed E-state index contributed by atoms with van der Waals surface area (Å²) in [5.41, 5.74) is 2.16. The average Bonchev–Trinajstić information content (AvgIpc) is 2.81. The van der Waals surface area contributed by atoms with Crippen molar-refractivity contribution in [2.45, 2.75) is 6.54 Å². The zero-order chi connectivity index (χ0) is 13.8. The van der Waals surface area contributed by atoms with Crippen LogP contribution in [0.3, 0.4) is 0 Å². The Morgan fingerprint density at radius 3 is 2.79 bits per heavy atom. The second kappa shape index (κ2) is 5.27. The Morgan fingerprint density at radius 2 is 2.21 bits per heavy atom. The summed E-state index contributed by atoms with van der Waals surface area (Å²) >= 11 is 0. The van der Waals surface area contributed by atoms with Gasteiger partial charge in [0.1, 0.15) is 18.0 Å². The molecule has 0 radical (unpaired) electrons. The Labute approximate surface area is 107 Å². The molecule has 0 aliphatic heterocycles. The van der Waals surface area contributed by atoms with Crippen LogP contribution in [0.5, 0.6) is 0 Å². The zero-order valence-corrected chi connectivity index (χ0v) is 10.1. The molecular formula is C9H12N8O2. The number of nitrogens with zero attached hydrogens (tertiary/aromatic N) is 5. The summed E-state index contributed by atoms with van der Waals surface area (Å²) in [5.74, 6) is 6.28. The highest BCUT2D eigenvalue weighted by molar-refractivity contribution is 5.54. The standard InChI is InChI=1S/C9H12N8O2/c1-16-5-12-9(15-16)4-11-7-2-6(17(18)19)3-8(13-7)14-10/h2-3,5H,4,10H2,1H3,(H2,11,13,14). The van der Waals surface area contributed by atoms with Crippen LogP contribution < -0.4 is 16.6 Å². The number of hydrogen-bond donors (Lipinski definition) is 3. The van der Waals surface area contributed by atoms with E-state index in [4.69, 9.17) is 5.84 Å². The molecule has 10 nitrogen and oxygen atoms in total. The molecule has 2 rings (SSSR count). The number of rotatable bonds is 5. The van der Waals surface area contributed by atoms with Gasteiger partial charge in [-0.2, -0.15) is 5.10 Å². The molecule has 0 spiro atoms. The van der Waals surface area contributed by atoms with Gasteiger partial charge in [0.15, 0.2) is 5.82 Å². The van der Waals surface area contributed by atoms with Gasteiger partial charge >= 0.3 is 0 Å². The van der Waals surface area contributed by atoms with Crippen LogP contribution in [0.15, 0.2) is 18.5 Å². The fraction of sp³-hybridized carbons (Fsp3) is 0.222. The van der Waals surface area contributed by atoms with E-state index in [2.05, 4.69) is 25.8 Å². The molecule has 2 aromatic heterocycles. The van der Waals surface area contributed by atoms with Crippen molar-refractivity contribution < 1.29 is 4.92 Å². The van der Waals surface area contributed by atoms with E-state index in [1.54, 1.807) is 18.1 Å². The first kappa shape index (κ1) is 12.7. The third-order valence-corrected chi connectivity index (χ3v) is 2.24. The molecule has 0 saturated carbocycles. The number of nitro groups is 1. The fourth-order valence-corrected chi connectivity index (χ4v) is 1.42. The van der Waals surface area contributed by atoms with Crippen LogP contribution in [-0.4, -0.2) is 24.7 Å². The molecule has 19 heavy (non-hydrogen) atoms. The van der Waals surface area contributed by atoms with Gasteiger partial charge in [-0.05, 0) is 0 Å². The van der Waals surface area contributed by atoms with Gasteiger partial charge in [-0.15, -0.1) is 0 Å². The van der Waals surface area contributed by atoms with Crippen LogP contribution in [0.1, 0.15) is 5.82 Å². The first-order valence-electron chi connectivity index (χ1n) is 5.30. The summed E-state index contributed by atoms with van der Waals surface area (Å²) < 4.78 is 1.56. The SMILES string of the molecule is Cn1cnc(CNc2cc([N+](=O)[O-])cc(NN)n2)n1. The Morgan fingerprint density at radius 1 is 1.47 bits per heavy atom. The zero-order valence-electron chi connectivity index (χ0n) is 10.1. The second-order valence-electron chi connectivity index (χ2n) is 3.69. The molecule has 0 atom stereocenters. The van der Waals surface area contributed by atoms with E-state index in [-0.39, 0.29) is 11.5 Å². The van der Waals surface area contributed by atoms with Crippen LogP contribution in [-0.2, 0) is 13.6 Å². The molecule has 0 fully saturated rings. The number of nitrogens with two attached hydrogens (primary N) is 1. The van der Waals surface area contributed by atoms with Crippen molar-refractivity contribution in [3.8, 4) is 0 Å². The van der Waals surface area contributed by atoms with Gasteiger partial charge in [0.25, 0.3) is 5.69 Å². The van der Waals surface area contributed by atoms with Crippen molar-refractivity contribution in [2.24, 2.45) is 12.9 Å². The summed E-state index contributed by atoms with van der Waals surface area (Å²) in [6.45, 7) is 0.305. The number of pyridine rings is 1. The highest BCUT2D eigenvalue weighted by Gasteiger charge is 2.11. The number of hydrazine groups is 1. The molecule has 0 unspecified atom stereocenters. The lowest BCUT2D eigenvalue weighted by Crippen LogP contribution is -2.11. The number of aromatic nitrogens is 4. The number of nitrogen functional groups attached to an aromatic ring is 1. The normalized spacial score (nSPS) is 10.2.